The molecular formula is C13H15FO2. The van der Waals surface area contributed by atoms with Crippen molar-refractivity contribution in [2.45, 2.75) is 20.8 Å². The maximum Gasteiger partial charge on any atom is 0.164 e. The zero-order valence-electron chi connectivity index (χ0n) is 9.62. The van der Waals surface area contributed by atoms with Crippen LogP contribution in [-0.2, 0) is 4.79 Å². The predicted octanol–water partition coefficient (Wildman–Crippen LogP) is 3.34. The van der Waals surface area contributed by atoms with Gasteiger partial charge in [-0.15, -0.1) is 0 Å². The summed E-state index contributed by atoms with van der Waals surface area (Å²) in [5, 5.41) is 9.81. The number of benzene rings is 1. The SMILES string of the molecule is CC(C(=O)C(C)C)=C(O)c1ccccc1F. The molecule has 0 atom stereocenters. The quantitative estimate of drug-likeness (QED) is 0.629. The fourth-order valence-corrected chi connectivity index (χ4v) is 1.40. The fraction of sp³-hybridized carbons (Fsp3) is 0.308. The van der Waals surface area contributed by atoms with Gasteiger partial charge in [0.15, 0.2) is 5.78 Å². The maximum absolute atomic E-state index is 13.4. The van der Waals surface area contributed by atoms with Gasteiger partial charge in [-0.25, -0.2) is 4.39 Å². The van der Waals surface area contributed by atoms with E-state index in [2.05, 4.69) is 0 Å². The molecule has 0 radical (unpaired) electrons. The number of aliphatic hydroxyl groups is 1. The van der Waals surface area contributed by atoms with Crippen LogP contribution in [0.25, 0.3) is 5.76 Å². The van der Waals surface area contributed by atoms with Crippen LogP contribution in [0.15, 0.2) is 29.8 Å². The third-order valence-corrected chi connectivity index (χ3v) is 2.38. The van der Waals surface area contributed by atoms with E-state index in [-0.39, 0.29) is 28.6 Å². The van der Waals surface area contributed by atoms with Gasteiger partial charge in [-0.2, -0.15) is 0 Å². The molecule has 0 aromatic heterocycles. The average molecular weight is 222 g/mol. The second-order valence-corrected chi connectivity index (χ2v) is 3.97. The number of halogens is 1. The molecular weight excluding hydrogens is 207 g/mol. The summed E-state index contributed by atoms with van der Waals surface area (Å²) >= 11 is 0. The van der Waals surface area contributed by atoms with Crippen molar-refractivity contribution in [2.24, 2.45) is 5.92 Å². The van der Waals surface area contributed by atoms with E-state index in [1.54, 1.807) is 19.9 Å². The number of carbonyl (C=O) groups is 1. The number of ketones is 1. The Balaban J connectivity index is 3.19. The van der Waals surface area contributed by atoms with Crippen LogP contribution in [0.5, 0.6) is 0 Å². The van der Waals surface area contributed by atoms with E-state index in [0.717, 1.165) is 0 Å². The summed E-state index contributed by atoms with van der Waals surface area (Å²) in [4.78, 5) is 11.6. The zero-order chi connectivity index (χ0) is 12.3. The first kappa shape index (κ1) is 12.4. The topological polar surface area (TPSA) is 37.3 Å². The monoisotopic (exact) mass is 222 g/mol. The van der Waals surface area contributed by atoms with Crippen LogP contribution in [0.4, 0.5) is 4.39 Å². The second kappa shape index (κ2) is 4.92. The Morgan fingerprint density at radius 3 is 2.38 bits per heavy atom. The van der Waals surface area contributed by atoms with E-state index in [0.29, 0.717) is 0 Å². The summed E-state index contributed by atoms with van der Waals surface area (Å²) in [6.45, 7) is 4.98. The van der Waals surface area contributed by atoms with E-state index in [9.17, 15) is 14.3 Å². The minimum Gasteiger partial charge on any atom is -0.507 e. The molecule has 0 spiro atoms. The molecule has 0 saturated carbocycles. The van der Waals surface area contributed by atoms with Crippen LogP contribution in [0, 0.1) is 11.7 Å². The standard InChI is InChI=1S/C13H15FO2/c1-8(2)12(15)9(3)13(16)10-6-4-5-7-11(10)14/h4-8,16H,1-3H3. The molecule has 86 valence electrons. The first-order valence-corrected chi connectivity index (χ1v) is 5.14. The van der Waals surface area contributed by atoms with Crippen LogP contribution in [0.2, 0.25) is 0 Å². The lowest BCUT2D eigenvalue weighted by molar-refractivity contribution is -0.118. The fourth-order valence-electron chi connectivity index (χ4n) is 1.40. The van der Waals surface area contributed by atoms with Crippen LogP contribution in [-0.4, -0.2) is 10.9 Å². The molecule has 0 amide bonds. The molecule has 16 heavy (non-hydrogen) atoms. The predicted molar refractivity (Wildman–Crippen MR) is 61.5 cm³/mol. The van der Waals surface area contributed by atoms with E-state index < -0.39 is 5.82 Å². The lowest BCUT2D eigenvalue weighted by atomic mass is 9.99. The van der Waals surface area contributed by atoms with E-state index in [1.807, 2.05) is 0 Å². The summed E-state index contributed by atoms with van der Waals surface area (Å²) < 4.78 is 13.4. The summed E-state index contributed by atoms with van der Waals surface area (Å²) in [5.41, 5.74) is 0.258. The molecule has 0 unspecified atom stereocenters. The van der Waals surface area contributed by atoms with Crippen molar-refractivity contribution < 1.29 is 14.3 Å². The Labute approximate surface area is 94.4 Å². The van der Waals surface area contributed by atoms with Crippen molar-refractivity contribution >= 4 is 11.5 Å². The van der Waals surface area contributed by atoms with Crippen molar-refractivity contribution in [3.05, 3.63) is 41.2 Å². The molecule has 0 saturated heterocycles. The van der Waals surface area contributed by atoms with Crippen LogP contribution in [0.1, 0.15) is 26.3 Å². The summed E-state index contributed by atoms with van der Waals surface area (Å²) in [6, 6.07) is 5.84. The van der Waals surface area contributed by atoms with E-state index >= 15 is 0 Å². The van der Waals surface area contributed by atoms with Gasteiger partial charge in [-0.05, 0) is 19.1 Å². The van der Waals surface area contributed by atoms with Gasteiger partial charge >= 0.3 is 0 Å². The number of hydrogen-bond donors (Lipinski definition) is 1. The molecule has 1 rings (SSSR count). The summed E-state index contributed by atoms with van der Waals surface area (Å²) in [7, 11) is 0. The third kappa shape index (κ3) is 2.48. The molecule has 0 fully saturated rings. The summed E-state index contributed by atoms with van der Waals surface area (Å²) in [6.07, 6.45) is 0. The molecule has 0 heterocycles. The van der Waals surface area contributed by atoms with Crippen molar-refractivity contribution in [1.29, 1.82) is 0 Å². The van der Waals surface area contributed by atoms with Crippen molar-refractivity contribution in [3.8, 4) is 0 Å². The molecule has 0 aliphatic rings. The zero-order valence-corrected chi connectivity index (χ0v) is 9.62. The number of hydrogen-bond acceptors (Lipinski definition) is 2. The first-order valence-electron chi connectivity index (χ1n) is 5.14. The number of Topliss-reactive ketones (excluding diaryl/α,β-unsaturated/α-hetero) is 1. The van der Waals surface area contributed by atoms with Gasteiger partial charge in [0, 0.05) is 11.5 Å². The molecule has 0 aliphatic carbocycles. The van der Waals surface area contributed by atoms with Crippen molar-refractivity contribution in [1.82, 2.24) is 0 Å². The lowest BCUT2D eigenvalue weighted by Gasteiger charge is -2.08. The number of aliphatic hydroxyl groups excluding tert-OH is 1. The normalized spacial score (nSPS) is 12.6. The highest BCUT2D eigenvalue weighted by molar-refractivity contribution is 6.01. The van der Waals surface area contributed by atoms with Crippen molar-refractivity contribution in [2.75, 3.05) is 0 Å². The molecule has 3 heteroatoms. The Morgan fingerprint density at radius 1 is 1.31 bits per heavy atom. The third-order valence-electron chi connectivity index (χ3n) is 2.38. The van der Waals surface area contributed by atoms with E-state index in [1.165, 1.54) is 25.1 Å². The van der Waals surface area contributed by atoms with Gasteiger partial charge in [-0.1, -0.05) is 26.0 Å². The molecule has 2 nitrogen and oxygen atoms in total. The first-order chi connectivity index (χ1) is 7.45. The Hall–Kier alpha value is -1.64. The van der Waals surface area contributed by atoms with Crippen LogP contribution in [0.3, 0.4) is 0 Å². The number of carbonyl (C=O) groups excluding carboxylic acids is 1. The molecule has 1 aromatic carbocycles. The maximum atomic E-state index is 13.4. The lowest BCUT2D eigenvalue weighted by Crippen LogP contribution is -2.10. The van der Waals surface area contributed by atoms with Gasteiger partial charge < -0.3 is 5.11 Å². The average Bonchev–Trinajstić information content (AvgIpc) is 2.26. The largest absolute Gasteiger partial charge is 0.507 e. The Bertz CT molecular complexity index is 433. The Morgan fingerprint density at radius 2 is 1.88 bits per heavy atom. The minimum atomic E-state index is -0.532. The highest BCUT2D eigenvalue weighted by Crippen LogP contribution is 2.21. The molecule has 0 aliphatic heterocycles. The van der Waals surface area contributed by atoms with Gasteiger partial charge in [-0.3, -0.25) is 4.79 Å². The molecule has 1 aromatic rings. The van der Waals surface area contributed by atoms with E-state index in [4.69, 9.17) is 0 Å². The smallest absolute Gasteiger partial charge is 0.164 e. The molecule has 0 bridgehead atoms. The van der Waals surface area contributed by atoms with Crippen LogP contribution >= 0.6 is 0 Å². The van der Waals surface area contributed by atoms with Crippen LogP contribution < -0.4 is 0 Å². The molecule has 1 N–H and O–H groups in total. The Kier molecular flexibility index (Phi) is 3.82. The highest BCUT2D eigenvalue weighted by Gasteiger charge is 2.16. The van der Waals surface area contributed by atoms with Gasteiger partial charge in [0.25, 0.3) is 0 Å². The van der Waals surface area contributed by atoms with Gasteiger partial charge in [0.1, 0.15) is 11.6 Å². The number of allylic oxidation sites excluding steroid dienone is 1. The minimum absolute atomic E-state index is 0.0639. The summed E-state index contributed by atoms with van der Waals surface area (Å²) in [5.74, 6) is -1.21. The van der Waals surface area contributed by atoms with Crippen molar-refractivity contribution in [3.63, 3.8) is 0 Å². The van der Waals surface area contributed by atoms with Gasteiger partial charge in [0.05, 0.1) is 5.56 Å². The van der Waals surface area contributed by atoms with Gasteiger partial charge in [0.2, 0.25) is 0 Å². The highest BCUT2D eigenvalue weighted by atomic mass is 19.1. The number of rotatable bonds is 3. The second-order valence-electron chi connectivity index (χ2n) is 3.97.